The van der Waals surface area contributed by atoms with Crippen molar-refractivity contribution < 1.29 is 9.15 Å². The van der Waals surface area contributed by atoms with Crippen LogP contribution in [0.3, 0.4) is 0 Å². The first-order valence-corrected chi connectivity index (χ1v) is 10.1. The van der Waals surface area contributed by atoms with Crippen LogP contribution in [-0.2, 0) is 6.54 Å². The monoisotopic (exact) mass is 385 g/mol. The fourth-order valence-electron chi connectivity index (χ4n) is 3.42. The highest BCUT2D eigenvalue weighted by Crippen LogP contribution is 2.24. The summed E-state index contributed by atoms with van der Waals surface area (Å²) in [6.45, 7) is 6.29. The van der Waals surface area contributed by atoms with Crippen molar-refractivity contribution in [2.45, 2.75) is 38.8 Å². The van der Waals surface area contributed by atoms with Crippen molar-refractivity contribution in [3.63, 3.8) is 0 Å². The number of aromatic nitrogens is 1. The molecule has 7 nitrogen and oxygen atoms in total. The van der Waals surface area contributed by atoms with Gasteiger partial charge in [0.2, 0.25) is 5.88 Å². The fraction of sp³-hybridized carbons (Fsp3) is 0.524. The number of aliphatic imine (C=N–C) groups is 1. The highest BCUT2D eigenvalue weighted by molar-refractivity contribution is 5.79. The van der Waals surface area contributed by atoms with Crippen molar-refractivity contribution in [3.8, 4) is 5.88 Å². The molecule has 2 aromatic rings. The molecule has 0 spiro atoms. The van der Waals surface area contributed by atoms with Gasteiger partial charge in [-0.05, 0) is 50.6 Å². The summed E-state index contributed by atoms with van der Waals surface area (Å²) in [6, 6.07) is 8.15. The molecular formula is C21H31N5O2. The van der Waals surface area contributed by atoms with Crippen molar-refractivity contribution in [2.24, 2.45) is 4.99 Å². The number of nitrogens with zero attached hydrogens (tertiary/aromatic N) is 3. The van der Waals surface area contributed by atoms with Crippen LogP contribution in [0.2, 0.25) is 0 Å². The van der Waals surface area contributed by atoms with Crippen LogP contribution in [-0.4, -0.2) is 49.1 Å². The lowest BCUT2D eigenvalue weighted by atomic mass is 10.2. The van der Waals surface area contributed by atoms with E-state index in [4.69, 9.17) is 9.15 Å². The molecule has 1 aliphatic heterocycles. The Hall–Kier alpha value is -2.54. The van der Waals surface area contributed by atoms with E-state index in [9.17, 15) is 0 Å². The number of hydrogen-bond donors (Lipinski definition) is 2. The summed E-state index contributed by atoms with van der Waals surface area (Å²) in [5.41, 5.74) is 1.01. The van der Waals surface area contributed by atoms with E-state index in [0.717, 1.165) is 43.3 Å². The van der Waals surface area contributed by atoms with E-state index in [-0.39, 0.29) is 6.04 Å². The molecule has 1 fully saturated rings. The van der Waals surface area contributed by atoms with Gasteiger partial charge in [0.15, 0.2) is 5.96 Å². The number of furan rings is 1. The first kappa shape index (κ1) is 20.2. The summed E-state index contributed by atoms with van der Waals surface area (Å²) in [4.78, 5) is 11.2. The molecule has 2 aromatic heterocycles. The summed E-state index contributed by atoms with van der Waals surface area (Å²) in [7, 11) is 1.78. The Labute approximate surface area is 167 Å². The number of pyridine rings is 1. The van der Waals surface area contributed by atoms with Gasteiger partial charge in [-0.2, -0.15) is 0 Å². The molecule has 0 aliphatic carbocycles. The SMILES string of the molecule is CCCOc1ncccc1CNC(=NC)NCC(c1ccco1)N1CCCC1. The van der Waals surface area contributed by atoms with Gasteiger partial charge in [-0.25, -0.2) is 4.98 Å². The van der Waals surface area contributed by atoms with Gasteiger partial charge in [-0.1, -0.05) is 13.0 Å². The zero-order valence-corrected chi connectivity index (χ0v) is 16.9. The Bertz CT molecular complexity index is 726. The van der Waals surface area contributed by atoms with Gasteiger partial charge < -0.3 is 19.8 Å². The van der Waals surface area contributed by atoms with Crippen LogP contribution in [0.4, 0.5) is 0 Å². The zero-order valence-electron chi connectivity index (χ0n) is 16.9. The van der Waals surface area contributed by atoms with Crippen LogP contribution in [0, 0.1) is 0 Å². The molecule has 1 aliphatic rings. The average molecular weight is 386 g/mol. The van der Waals surface area contributed by atoms with Gasteiger partial charge in [0.1, 0.15) is 5.76 Å². The Kier molecular flexibility index (Phi) is 7.72. The predicted molar refractivity (Wildman–Crippen MR) is 110 cm³/mol. The summed E-state index contributed by atoms with van der Waals surface area (Å²) in [5.74, 6) is 2.42. The maximum Gasteiger partial charge on any atom is 0.218 e. The van der Waals surface area contributed by atoms with Gasteiger partial charge in [-0.3, -0.25) is 9.89 Å². The molecule has 0 radical (unpaired) electrons. The maximum absolute atomic E-state index is 5.74. The third-order valence-corrected chi connectivity index (χ3v) is 4.88. The standard InChI is InChI=1S/C21H31N5O2/c1-3-13-28-20-17(8-6-10-23-20)15-24-21(22-2)25-16-18(19-9-7-14-27-19)26-11-4-5-12-26/h6-10,14,18H,3-5,11-13,15-16H2,1-2H3,(H2,22,24,25). The Morgan fingerprint density at radius 1 is 1.29 bits per heavy atom. The van der Waals surface area contributed by atoms with E-state index in [1.54, 1.807) is 19.5 Å². The average Bonchev–Trinajstić information content (AvgIpc) is 3.44. The predicted octanol–water partition coefficient (Wildman–Crippen LogP) is 2.97. The number of ether oxygens (including phenoxy) is 1. The maximum atomic E-state index is 5.74. The second-order valence-corrected chi connectivity index (χ2v) is 6.90. The Morgan fingerprint density at radius 2 is 2.14 bits per heavy atom. The lowest BCUT2D eigenvalue weighted by Gasteiger charge is -2.26. The lowest BCUT2D eigenvalue weighted by molar-refractivity contribution is 0.215. The minimum absolute atomic E-state index is 0.206. The van der Waals surface area contributed by atoms with E-state index < -0.39 is 0 Å². The van der Waals surface area contributed by atoms with Crippen LogP contribution in [0.1, 0.15) is 43.6 Å². The molecular weight excluding hydrogens is 354 g/mol. The highest BCUT2D eigenvalue weighted by atomic mass is 16.5. The largest absolute Gasteiger partial charge is 0.477 e. The van der Waals surface area contributed by atoms with Crippen molar-refractivity contribution in [2.75, 3.05) is 33.3 Å². The molecule has 0 aromatic carbocycles. The Balaban J connectivity index is 1.57. The number of likely N-dealkylation sites (tertiary alicyclic amines) is 1. The third kappa shape index (κ3) is 5.48. The molecule has 1 saturated heterocycles. The molecule has 3 rings (SSSR count). The van der Waals surface area contributed by atoms with Crippen LogP contribution < -0.4 is 15.4 Å². The van der Waals surface area contributed by atoms with Gasteiger partial charge in [0.25, 0.3) is 0 Å². The molecule has 0 bridgehead atoms. The number of rotatable bonds is 9. The van der Waals surface area contributed by atoms with E-state index >= 15 is 0 Å². The normalized spacial score (nSPS) is 16.1. The highest BCUT2D eigenvalue weighted by Gasteiger charge is 2.25. The smallest absolute Gasteiger partial charge is 0.218 e. The van der Waals surface area contributed by atoms with Crippen LogP contribution in [0.5, 0.6) is 5.88 Å². The number of hydrogen-bond acceptors (Lipinski definition) is 5. The van der Waals surface area contributed by atoms with Crippen LogP contribution in [0.15, 0.2) is 46.1 Å². The second-order valence-electron chi connectivity index (χ2n) is 6.90. The third-order valence-electron chi connectivity index (χ3n) is 4.88. The Morgan fingerprint density at radius 3 is 2.86 bits per heavy atom. The van der Waals surface area contributed by atoms with Gasteiger partial charge in [0.05, 0.1) is 18.9 Å². The van der Waals surface area contributed by atoms with E-state index in [2.05, 4.69) is 32.4 Å². The summed E-state index contributed by atoms with van der Waals surface area (Å²) < 4.78 is 11.4. The van der Waals surface area contributed by atoms with Crippen LogP contribution >= 0.6 is 0 Å². The molecule has 2 N–H and O–H groups in total. The van der Waals surface area contributed by atoms with Crippen molar-refractivity contribution in [3.05, 3.63) is 48.0 Å². The van der Waals surface area contributed by atoms with E-state index in [1.165, 1.54) is 12.8 Å². The van der Waals surface area contributed by atoms with E-state index in [0.29, 0.717) is 19.0 Å². The molecule has 0 amide bonds. The molecule has 28 heavy (non-hydrogen) atoms. The van der Waals surface area contributed by atoms with Crippen LogP contribution in [0.25, 0.3) is 0 Å². The quantitative estimate of drug-likeness (QED) is 0.511. The first-order chi connectivity index (χ1) is 13.8. The topological polar surface area (TPSA) is 74.9 Å². The van der Waals surface area contributed by atoms with Gasteiger partial charge >= 0.3 is 0 Å². The second kappa shape index (κ2) is 10.7. The molecule has 1 unspecified atom stereocenters. The number of nitrogens with one attached hydrogen (secondary N) is 2. The number of guanidine groups is 1. The summed E-state index contributed by atoms with van der Waals surface area (Å²) >= 11 is 0. The fourth-order valence-corrected chi connectivity index (χ4v) is 3.42. The van der Waals surface area contributed by atoms with Crippen molar-refractivity contribution in [1.82, 2.24) is 20.5 Å². The molecule has 3 heterocycles. The molecule has 0 saturated carbocycles. The lowest BCUT2D eigenvalue weighted by Crippen LogP contribution is -2.42. The van der Waals surface area contributed by atoms with Gasteiger partial charge in [0, 0.05) is 31.9 Å². The minimum atomic E-state index is 0.206. The van der Waals surface area contributed by atoms with E-state index in [1.807, 2.05) is 24.3 Å². The molecule has 152 valence electrons. The van der Waals surface area contributed by atoms with Crippen molar-refractivity contribution >= 4 is 5.96 Å². The summed E-state index contributed by atoms with van der Waals surface area (Å²) in [6.07, 6.45) is 6.94. The molecule has 7 heteroatoms. The van der Waals surface area contributed by atoms with Crippen molar-refractivity contribution in [1.29, 1.82) is 0 Å². The van der Waals surface area contributed by atoms with Gasteiger partial charge in [-0.15, -0.1) is 0 Å². The molecule has 1 atom stereocenters. The summed E-state index contributed by atoms with van der Waals surface area (Å²) in [5, 5.41) is 6.81. The minimum Gasteiger partial charge on any atom is -0.477 e. The first-order valence-electron chi connectivity index (χ1n) is 10.1. The zero-order chi connectivity index (χ0) is 19.6.